The molecule has 18 aromatic carbocycles. The first-order chi connectivity index (χ1) is 54.5. The van der Waals surface area contributed by atoms with Gasteiger partial charge in [0.05, 0.1) is 60.7 Å². The molecular weight excluding hydrogens is 1370 g/mol. The highest BCUT2D eigenvalue weighted by Gasteiger charge is 2.45. The van der Waals surface area contributed by atoms with E-state index in [4.69, 9.17) is 29.3 Å². The lowest BCUT2D eigenvalue weighted by molar-refractivity contribution is 0.672. The zero-order valence-corrected chi connectivity index (χ0v) is 59.8. The number of fused-ring (bicyclic) bond motifs is 26. The monoisotopic (exact) mass is 1430 g/mol. The molecule has 0 saturated carbocycles. The summed E-state index contributed by atoms with van der Waals surface area (Å²) in [6.07, 6.45) is 0. The Morgan fingerprint density at radius 2 is 0.555 bits per heavy atom. The van der Waals surface area contributed by atoms with E-state index in [1.165, 1.54) is 38.5 Å². The van der Waals surface area contributed by atoms with Gasteiger partial charge in [0.1, 0.15) is 44.7 Å². The lowest BCUT2D eigenvalue weighted by Crippen LogP contribution is -2.61. The molecular formula is C100H60BClN4O4. The predicted octanol–water partition coefficient (Wildman–Crippen LogP) is 27.3. The number of para-hydroxylation sites is 4. The summed E-state index contributed by atoms with van der Waals surface area (Å²) >= 11 is 7.81. The van der Waals surface area contributed by atoms with Crippen LogP contribution in [0.25, 0.3) is 131 Å². The van der Waals surface area contributed by atoms with Gasteiger partial charge >= 0.3 is 0 Å². The second-order valence-electron chi connectivity index (χ2n) is 28.6. The lowest BCUT2D eigenvalue weighted by atomic mass is 9.33. The smallest absolute Gasteiger partial charge is 0.252 e. The largest absolute Gasteiger partial charge is 0.455 e. The van der Waals surface area contributed by atoms with Crippen LogP contribution in [0.3, 0.4) is 0 Å². The molecule has 0 spiro atoms. The van der Waals surface area contributed by atoms with Crippen LogP contribution in [-0.4, -0.2) is 6.71 Å². The first-order valence-corrected chi connectivity index (χ1v) is 37.6. The molecule has 6 heterocycles. The minimum atomic E-state index is -0.0549. The molecule has 0 radical (unpaired) electrons. The van der Waals surface area contributed by atoms with Gasteiger partial charge in [0.15, 0.2) is 0 Å². The number of rotatable bonds is 8. The zero-order valence-electron chi connectivity index (χ0n) is 59.0. The second-order valence-corrected chi connectivity index (χ2v) is 28.9. The van der Waals surface area contributed by atoms with Crippen molar-refractivity contribution in [1.29, 1.82) is 0 Å². The number of nitrogens with zero attached hydrogens (tertiary/aromatic N) is 4. The quantitative estimate of drug-likeness (QED) is 0.139. The molecule has 22 aromatic rings. The van der Waals surface area contributed by atoms with Gasteiger partial charge in [-0.1, -0.05) is 242 Å². The third kappa shape index (κ3) is 9.22. The van der Waals surface area contributed by atoms with Gasteiger partial charge < -0.3 is 37.3 Å². The molecule has 0 fully saturated rings. The number of benzene rings is 18. The Morgan fingerprint density at radius 3 is 0.936 bits per heavy atom. The van der Waals surface area contributed by atoms with Crippen LogP contribution < -0.4 is 36.0 Å². The predicted molar refractivity (Wildman–Crippen MR) is 460 cm³/mol. The molecule has 10 heteroatoms. The molecule has 4 aromatic heterocycles. The summed E-state index contributed by atoms with van der Waals surface area (Å²) in [6.45, 7) is -0.0549. The molecule has 2 aliphatic heterocycles. The van der Waals surface area contributed by atoms with Crippen LogP contribution in [0.5, 0.6) is 0 Å². The first kappa shape index (κ1) is 62.0. The van der Waals surface area contributed by atoms with Crippen LogP contribution in [0.15, 0.2) is 382 Å². The number of hydrogen-bond donors (Lipinski definition) is 0. The number of anilines is 12. The van der Waals surface area contributed by atoms with Crippen LogP contribution >= 0.6 is 11.6 Å². The van der Waals surface area contributed by atoms with E-state index in [1.807, 2.05) is 24.3 Å². The number of halogens is 1. The van der Waals surface area contributed by atoms with Crippen molar-refractivity contribution >= 4 is 234 Å². The molecule has 0 unspecified atom stereocenters. The fourth-order valence-electron chi connectivity index (χ4n) is 18.0. The maximum Gasteiger partial charge on any atom is 0.252 e. The minimum Gasteiger partial charge on any atom is -0.455 e. The molecule has 0 aliphatic carbocycles. The fourth-order valence-corrected chi connectivity index (χ4v) is 18.3. The third-order valence-electron chi connectivity index (χ3n) is 22.7. The summed E-state index contributed by atoms with van der Waals surface area (Å²) in [6, 6.07) is 128. The van der Waals surface area contributed by atoms with Crippen molar-refractivity contribution in [2.45, 2.75) is 0 Å². The van der Waals surface area contributed by atoms with Gasteiger partial charge in [0, 0.05) is 77.2 Å². The normalized spacial score (nSPS) is 12.5. The second kappa shape index (κ2) is 24.4. The Bertz CT molecular complexity index is 7110. The highest BCUT2D eigenvalue weighted by molar-refractivity contribution is 7.01. The SMILES string of the molecule is Clc1c(N(c2ccccc2)c2cccc3oc4c5ccccc5ccc4c23)cccc1N(c1ccccc1)c1cccc2oc3c4ccccc4ccc3c12.c1ccc(N2c3cccc4c3B(c3ccc5oc6c7ccccc7ccc6c5c32)c2ccc3oc5c6ccccc6ccc5c3c2N4c2ccccc2)cc1. The molecule has 2 aliphatic rings. The van der Waals surface area contributed by atoms with Gasteiger partial charge in [0.25, 0.3) is 6.71 Å². The summed E-state index contributed by atoms with van der Waals surface area (Å²) in [5, 5.41) is 18.3. The Hall–Kier alpha value is -14.2. The topological polar surface area (TPSA) is 65.5 Å². The summed E-state index contributed by atoms with van der Waals surface area (Å²) in [7, 11) is 0. The Labute approximate surface area is 635 Å². The van der Waals surface area contributed by atoms with E-state index in [0.29, 0.717) is 5.02 Å². The molecule has 0 atom stereocenters. The molecule has 0 bridgehead atoms. The van der Waals surface area contributed by atoms with Crippen LogP contribution in [-0.2, 0) is 0 Å². The van der Waals surface area contributed by atoms with Crippen LogP contribution in [0.2, 0.25) is 5.02 Å². The van der Waals surface area contributed by atoms with Gasteiger partial charge in [-0.05, 0) is 171 Å². The van der Waals surface area contributed by atoms with Crippen molar-refractivity contribution in [1.82, 2.24) is 0 Å². The first-order valence-electron chi connectivity index (χ1n) is 37.3. The van der Waals surface area contributed by atoms with Gasteiger partial charge in [0.2, 0.25) is 0 Å². The van der Waals surface area contributed by atoms with Crippen LogP contribution in [0.4, 0.5) is 68.2 Å². The molecule has 514 valence electrons. The number of hydrogen-bond acceptors (Lipinski definition) is 8. The number of furan rings is 4. The summed E-state index contributed by atoms with van der Waals surface area (Å²) < 4.78 is 27.0. The van der Waals surface area contributed by atoms with Gasteiger partial charge in [-0.3, -0.25) is 0 Å². The van der Waals surface area contributed by atoms with Gasteiger partial charge in [-0.25, -0.2) is 0 Å². The maximum atomic E-state index is 7.81. The molecule has 0 N–H and O–H groups in total. The fraction of sp³-hybridized carbons (Fsp3) is 0. The maximum absolute atomic E-state index is 7.81. The van der Waals surface area contributed by atoms with E-state index in [1.54, 1.807) is 0 Å². The van der Waals surface area contributed by atoms with Gasteiger partial charge in [-0.2, -0.15) is 0 Å². The van der Waals surface area contributed by atoms with Crippen molar-refractivity contribution in [2.24, 2.45) is 0 Å². The van der Waals surface area contributed by atoms with Crippen molar-refractivity contribution in [2.75, 3.05) is 19.6 Å². The van der Waals surface area contributed by atoms with E-state index in [-0.39, 0.29) is 6.71 Å². The van der Waals surface area contributed by atoms with Crippen molar-refractivity contribution in [3.8, 4) is 0 Å². The highest BCUT2D eigenvalue weighted by atomic mass is 35.5. The Morgan fingerprint density at radius 1 is 0.245 bits per heavy atom. The minimum absolute atomic E-state index is 0.0549. The van der Waals surface area contributed by atoms with Crippen molar-refractivity contribution < 1.29 is 17.7 Å². The van der Waals surface area contributed by atoms with Crippen molar-refractivity contribution in [3.63, 3.8) is 0 Å². The lowest BCUT2D eigenvalue weighted by Gasteiger charge is -2.44. The van der Waals surface area contributed by atoms with Crippen LogP contribution in [0.1, 0.15) is 0 Å². The van der Waals surface area contributed by atoms with E-state index in [2.05, 4.69) is 359 Å². The van der Waals surface area contributed by atoms with E-state index in [9.17, 15) is 0 Å². The average Bonchev–Trinajstić information content (AvgIpc) is 1.06. The van der Waals surface area contributed by atoms with Gasteiger partial charge in [-0.15, -0.1) is 0 Å². The van der Waals surface area contributed by atoms with Crippen LogP contribution in [0, 0.1) is 0 Å². The molecule has 24 rings (SSSR count). The Kier molecular flexibility index (Phi) is 13.8. The summed E-state index contributed by atoms with van der Waals surface area (Å²) in [5.74, 6) is 0. The zero-order chi connectivity index (χ0) is 72.2. The third-order valence-corrected chi connectivity index (χ3v) is 23.1. The van der Waals surface area contributed by atoms with E-state index >= 15 is 0 Å². The summed E-state index contributed by atoms with van der Waals surface area (Å²) in [5.41, 5.74) is 23.2. The van der Waals surface area contributed by atoms with Crippen molar-refractivity contribution in [3.05, 3.63) is 369 Å². The molecule has 110 heavy (non-hydrogen) atoms. The molecule has 8 nitrogen and oxygen atoms in total. The molecule has 0 saturated heterocycles. The highest BCUT2D eigenvalue weighted by Crippen LogP contribution is 2.54. The van der Waals surface area contributed by atoms with E-state index in [0.717, 1.165) is 177 Å². The molecule has 0 amide bonds. The summed E-state index contributed by atoms with van der Waals surface area (Å²) in [4.78, 5) is 9.45. The Balaban J connectivity index is 0.000000132. The van der Waals surface area contributed by atoms with E-state index < -0.39 is 0 Å². The average molecular weight is 1430 g/mol. The standard InChI is InChI=1S/C50H29BN2O2.C50H31ClN2O2/c1-3-14-32(15-4-1)52-40-20-11-21-41-46(40)51(38-26-28-42-44(47(38)52)36-24-22-30-12-7-9-18-34(30)49(36)54-42)39-27-29-43-45(48(39)53(41)33-16-5-2-6-17-33)37-25-23-31-13-8-10-19-35(31)50(37)55-43;51-48-42(52(34-16-3-1-4-17-34)40-22-12-26-44-46(40)38-30-28-32-14-7-9-20-36(32)49(38)54-44)24-11-25-43(48)53(35-18-5-2-6-19-35)41-23-13-27-45-47(41)39-31-29-33-15-8-10-21-37(33)50(39)55-45/h1-29H;1-31H.